The van der Waals surface area contributed by atoms with Crippen molar-refractivity contribution in [2.45, 2.75) is 19.5 Å². The molecule has 3 aromatic heterocycles. The van der Waals surface area contributed by atoms with E-state index in [0.717, 1.165) is 23.4 Å². The molecule has 1 N–H and O–H groups in total. The number of thiazole rings is 1. The van der Waals surface area contributed by atoms with Gasteiger partial charge in [-0.25, -0.2) is 4.98 Å². The summed E-state index contributed by atoms with van der Waals surface area (Å²) in [6, 6.07) is 19.6. The van der Waals surface area contributed by atoms with Crippen molar-refractivity contribution in [2.75, 3.05) is 5.32 Å². The first-order valence-electron chi connectivity index (χ1n) is 9.86. The van der Waals surface area contributed by atoms with Gasteiger partial charge in [0.2, 0.25) is 5.82 Å². The molecule has 0 aliphatic carbocycles. The lowest BCUT2D eigenvalue weighted by Gasteiger charge is -2.07. The standard InChI is InChI=1S/C22H19N7OS/c30-20-14-19(24-22-28(20)12-13-31-22)15-23-18-8-6-16(7-9-18)10-11-29-26-21(25-27-29)17-4-2-1-3-5-17/h1-9,12-14,23H,10-11,15H2. The molecule has 0 unspecified atom stereocenters. The first kappa shape index (κ1) is 19.1. The van der Waals surface area contributed by atoms with E-state index in [4.69, 9.17) is 0 Å². The number of hydrogen-bond donors (Lipinski definition) is 1. The predicted octanol–water partition coefficient (Wildman–Crippen LogP) is 3.26. The molecule has 0 bridgehead atoms. The average Bonchev–Trinajstić information content (AvgIpc) is 3.48. The third-order valence-corrected chi connectivity index (χ3v) is 5.63. The third kappa shape index (κ3) is 4.36. The van der Waals surface area contributed by atoms with Crippen LogP contribution in [0.25, 0.3) is 16.3 Å². The molecule has 2 aromatic carbocycles. The highest BCUT2D eigenvalue weighted by atomic mass is 32.1. The van der Waals surface area contributed by atoms with Crippen molar-refractivity contribution in [1.82, 2.24) is 29.6 Å². The van der Waals surface area contributed by atoms with Gasteiger partial charge in [0.15, 0.2) is 4.96 Å². The Kier molecular flexibility index (Phi) is 5.24. The Hall–Kier alpha value is -3.85. The zero-order valence-corrected chi connectivity index (χ0v) is 17.4. The lowest BCUT2D eigenvalue weighted by atomic mass is 10.1. The molecule has 0 saturated carbocycles. The average molecular weight is 430 g/mol. The van der Waals surface area contributed by atoms with Gasteiger partial charge in [-0.1, -0.05) is 42.5 Å². The number of hydrogen-bond acceptors (Lipinski definition) is 7. The monoisotopic (exact) mass is 429 g/mol. The summed E-state index contributed by atoms with van der Waals surface area (Å²) in [6.45, 7) is 1.15. The summed E-state index contributed by atoms with van der Waals surface area (Å²) in [7, 11) is 0. The third-order valence-electron chi connectivity index (χ3n) is 4.87. The van der Waals surface area contributed by atoms with Crippen molar-refractivity contribution in [3.8, 4) is 11.4 Å². The van der Waals surface area contributed by atoms with Gasteiger partial charge in [0.1, 0.15) is 0 Å². The normalized spacial score (nSPS) is 11.1. The Morgan fingerprint density at radius 3 is 2.71 bits per heavy atom. The second-order valence-corrected chi connectivity index (χ2v) is 7.89. The van der Waals surface area contributed by atoms with Crippen LogP contribution in [0.5, 0.6) is 0 Å². The highest BCUT2D eigenvalue weighted by molar-refractivity contribution is 7.15. The number of aromatic nitrogens is 6. The highest BCUT2D eigenvalue weighted by Crippen LogP contribution is 2.14. The van der Waals surface area contributed by atoms with E-state index in [2.05, 4.69) is 37.8 Å². The predicted molar refractivity (Wildman–Crippen MR) is 120 cm³/mol. The van der Waals surface area contributed by atoms with E-state index >= 15 is 0 Å². The van der Waals surface area contributed by atoms with Crippen LogP contribution in [0.3, 0.4) is 0 Å². The molecule has 31 heavy (non-hydrogen) atoms. The Bertz CT molecular complexity index is 1360. The maximum atomic E-state index is 12.1. The molecule has 0 aliphatic rings. The van der Waals surface area contributed by atoms with Gasteiger partial charge in [0.05, 0.1) is 18.8 Å². The molecular weight excluding hydrogens is 410 g/mol. The van der Waals surface area contributed by atoms with Crippen molar-refractivity contribution in [3.63, 3.8) is 0 Å². The lowest BCUT2D eigenvalue weighted by molar-refractivity contribution is 0.523. The van der Waals surface area contributed by atoms with E-state index in [-0.39, 0.29) is 5.56 Å². The molecule has 5 aromatic rings. The number of tetrazole rings is 1. The van der Waals surface area contributed by atoms with Crippen molar-refractivity contribution in [1.29, 1.82) is 0 Å². The van der Waals surface area contributed by atoms with Crippen LogP contribution in [0.2, 0.25) is 0 Å². The van der Waals surface area contributed by atoms with E-state index in [1.165, 1.54) is 16.9 Å². The molecule has 0 saturated heterocycles. The first-order chi connectivity index (χ1) is 15.2. The summed E-state index contributed by atoms with van der Waals surface area (Å²) in [5, 5.41) is 17.9. The fourth-order valence-corrected chi connectivity index (χ4v) is 3.97. The van der Waals surface area contributed by atoms with Gasteiger partial charge < -0.3 is 5.32 Å². The summed E-state index contributed by atoms with van der Waals surface area (Å²) >= 11 is 1.45. The Balaban J connectivity index is 1.17. The lowest BCUT2D eigenvalue weighted by Crippen LogP contribution is -2.14. The minimum atomic E-state index is -0.0597. The summed E-state index contributed by atoms with van der Waals surface area (Å²) in [5.74, 6) is 0.633. The zero-order chi connectivity index (χ0) is 21.0. The molecular formula is C22H19N7OS. The molecule has 0 amide bonds. The van der Waals surface area contributed by atoms with Crippen LogP contribution in [-0.4, -0.2) is 29.6 Å². The molecule has 0 spiro atoms. The van der Waals surface area contributed by atoms with Crippen LogP contribution < -0.4 is 10.9 Å². The number of nitrogens with zero attached hydrogens (tertiary/aromatic N) is 6. The van der Waals surface area contributed by atoms with Gasteiger partial charge >= 0.3 is 0 Å². The molecule has 0 fully saturated rings. The molecule has 0 atom stereocenters. The minimum Gasteiger partial charge on any atom is -0.379 e. The van der Waals surface area contributed by atoms with Crippen molar-refractivity contribution in [2.24, 2.45) is 0 Å². The quantitative estimate of drug-likeness (QED) is 0.427. The molecule has 154 valence electrons. The van der Waals surface area contributed by atoms with Crippen molar-refractivity contribution in [3.05, 3.63) is 93.9 Å². The van der Waals surface area contributed by atoms with Crippen molar-refractivity contribution >= 4 is 22.0 Å². The van der Waals surface area contributed by atoms with E-state index in [9.17, 15) is 4.79 Å². The highest BCUT2D eigenvalue weighted by Gasteiger charge is 2.06. The SMILES string of the molecule is O=c1cc(CNc2ccc(CCn3nnc(-c4ccccc4)n3)cc2)nc2sccn12. The second kappa shape index (κ2) is 8.49. The fraction of sp³-hybridized carbons (Fsp3) is 0.136. The van der Waals surface area contributed by atoms with Gasteiger partial charge in [-0.2, -0.15) is 4.80 Å². The number of nitrogens with one attached hydrogen (secondary N) is 1. The second-order valence-electron chi connectivity index (χ2n) is 7.02. The van der Waals surface area contributed by atoms with E-state index in [1.807, 2.05) is 47.8 Å². The number of anilines is 1. The summed E-state index contributed by atoms with van der Waals surface area (Å²) in [4.78, 5) is 18.9. The van der Waals surface area contributed by atoms with Crippen LogP contribution in [0.15, 0.2) is 77.0 Å². The molecule has 0 radical (unpaired) electrons. The van der Waals surface area contributed by atoms with Gasteiger partial charge in [-0.3, -0.25) is 9.20 Å². The van der Waals surface area contributed by atoms with Crippen LogP contribution in [0.1, 0.15) is 11.3 Å². The Morgan fingerprint density at radius 2 is 1.87 bits per heavy atom. The van der Waals surface area contributed by atoms with Gasteiger partial charge in [0, 0.05) is 28.9 Å². The van der Waals surface area contributed by atoms with Crippen LogP contribution in [0.4, 0.5) is 5.69 Å². The van der Waals surface area contributed by atoms with Crippen molar-refractivity contribution < 1.29 is 0 Å². The first-order valence-corrected chi connectivity index (χ1v) is 10.7. The fourth-order valence-electron chi connectivity index (χ4n) is 3.23. The summed E-state index contributed by atoms with van der Waals surface area (Å²) in [5.41, 5.74) is 3.78. The molecule has 8 nitrogen and oxygen atoms in total. The molecule has 3 heterocycles. The Morgan fingerprint density at radius 1 is 1.03 bits per heavy atom. The molecule has 9 heteroatoms. The topological polar surface area (TPSA) is 90.0 Å². The zero-order valence-electron chi connectivity index (χ0n) is 16.5. The number of fused-ring (bicyclic) bond motifs is 1. The molecule has 5 rings (SSSR count). The smallest absolute Gasteiger partial charge is 0.258 e. The molecule has 0 aliphatic heterocycles. The largest absolute Gasteiger partial charge is 0.379 e. The van der Waals surface area contributed by atoms with Gasteiger partial charge in [0.25, 0.3) is 5.56 Å². The summed E-state index contributed by atoms with van der Waals surface area (Å²) < 4.78 is 1.55. The van der Waals surface area contributed by atoms with Crippen LogP contribution in [0, 0.1) is 0 Å². The van der Waals surface area contributed by atoms with E-state index < -0.39 is 0 Å². The van der Waals surface area contributed by atoms with Gasteiger partial charge in [-0.15, -0.1) is 21.5 Å². The van der Waals surface area contributed by atoms with Crippen LogP contribution >= 0.6 is 11.3 Å². The maximum absolute atomic E-state index is 12.1. The number of aryl methyl sites for hydroxylation is 2. The summed E-state index contributed by atoms with van der Waals surface area (Å²) in [6.07, 6.45) is 2.54. The number of benzene rings is 2. The van der Waals surface area contributed by atoms with Gasteiger partial charge in [-0.05, 0) is 29.3 Å². The van der Waals surface area contributed by atoms with Crippen LogP contribution in [-0.2, 0) is 19.5 Å². The van der Waals surface area contributed by atoms with E-state index in [1.54, 1.807) is 21.5 Å². The van der Waals surface area contributed by atoms with E-state index in [0.29, 0.717) is 23.9 Å². The maximum Gasteiger partial charge on any atom is 0.258 e. The minimum absolute atomic E-state index is 0.0597. The number of rotatable bonds is 7. The Labute approximate surface area is 181 Å².